The molecule has 2 N–H and O–H groups in total. The zero-order valence-electron chi connectivity index (χ0n) is 6.84. The zero-order chi connectivity index (χ0) is 7.94. The highest BCUT2D eigenvalue weighted by Gasteiger charge is 2.01. The van der Waals surface area contributed by atoms with Gasteiger partial charge in [-0.25, -0.2) is 0 Å². The van der Waals surface area contributed by atoms with E-state index in [4.69, 9.17) is 5.11 Å². The Labute approximate surface area is 67.5 Å². The largest absolute Gasteiger partial charge is 0.395 e. The summed E-state index contributed by atoms with van der Waals surface area (Å²) in [6, 6.07) is 0. The van der Waals surface area contributed by atoms with E-state index >= 15 is 0 Å². The summed E-state index contributed by atoms with van der Waals surface area (Å²) in [7, 11) is 0. The first kappa shape index (κ1) is 8.53. The molecule has 0 spiro atoms. The van der Waals surface area contributed by atoms with Crippen molar-refractivity contribution in [1.29, 1.82) is 0 Å². The molecule has 3 nitrogen and oxygen atoms in total. The van der Waals surface area contributed by atoms with Gasteiger partial charge >= 0.3 is 0 Å². The summed E-state index contributed by atoms with van der Waals surface area (Å²) in [6.45, 7) is 1.78. The van der Waals surface area contributed by atoms with Crippen molar-refractivity contribution in [3.63, 3.8) is 0 Å². The van der Waals surface area contributed by atoms with Gasteiger partial charge in [0.1, 0.15) is 0 Å². The smallest absolute Gasteiger partial charge is 0.0963 e. The van der Waals surface area contributed by atoms with Gasteiger partial charge in [0.2, 0.25) is 0 Å². The van der Waals surface area contributed by atoms with Gasteiger partial charge in [-0.1, -0.05) is 6.42 Å². The first-order chi connectivity index (χ1) is 5.43. The van der Waals surface area contributed by atoms with Crippen molar-refractivity contribution in [2.24, 2.45) is 4.99 Å². The normalized spacial score (nSPS) is 18.8. The Morgan fingerprint density at radius 2 is 2.27 bits per heavy atom. The lowest BCUT2D eigenvalue weighted by atomic mass is 10.2. The summed E-state index contributed by atoms with van der Waals surface area (Å²) < 4.78 is 0. The molecule has 1 heterocycles. The molecule has 0 atom stereocenters. The van der Waals surface area contributed by atoms with E-state index in [1.54, 1.807) is 0 Å². The van der Waals surface area contributed by atoms with Crippen molar-refractivity contribution in [3.8, 4) is 0 Å². The summed E-state index contributed by atoms with van der Waals surface area (Å²) in [6.07, 6.45) is 4.79. The van der Waals surface area contributed by atoms with Crippen molar-refractivity contribution >= 4 is 5.84 Å². The molecule has 0 aromatic heterocycles. The Balaban J connectivity index is 2.23. The number of nitrogens with zero attached hydrogens (tertiary/aromatic N) is 1. The molecule has 0 aromatic carbocycles. The van der Waals surface area contributed by atoms with Crippen LogP contribution in [0.3, 0.4) is 0 Å². The van der Waals surface area contributed by atoms with Crippen molar-refractivity contribution in [2.45, 2.75) is 25.7 Å². The minimum absolute atomic E-state index is 0.193. The number of amidine groups is 1. The van der Waals surface area contributed by atoms with E-state index in [9.17, 15) is 0 Å². The maximum absolute atomic E-state index is 8.55. The number of aliphatic imine (C=N–C) groups is 1. The van der Waals surface area contributed by atoms with Crippen molar-refractivity contribution in [2.75, 3.05) is 19.7 Å². The third kappa shape index (κ3) is 3.37. The van der Waals surface area contributed by atoms with Gasteiger partial charge in [-0.05, 0) is 12.8 Å². The summed E-state index contributed by atoms with van der Waals surface area (Å²) in [5, 5.41) is 11.7. The third-order valence-electron chi connectivity index (χ3n) is 1.82. The standard InChI is InChI=1S/C8H16N2O/c11-7-6-10-8-4-2-1-3-5-9-8/h11H,1-7H2,(H,9,10). The molecule has 0 radical (unpaired) electrons. The number of hydrogen-bond acceptors (Lipinski definition) is 3. The highest BCUT2D eigenvalue weighted by molar-refractivity contribution is 5.82. The Bertz CT molecular complexity index is 134. The fraction of sp³-hybridized carbons (Fsp3) is 0.875. The van der Waals surface area contributed by atoms with Gasteiger partial charge in [-0.2, -0.15) is 0 Å². The number of rotatable bonds is 2. The Kier molecular flexibility index (Phi) is 3.98. The predicted octanol–water partition coefficient (Wildman–Crippen LogP) is 0.541. The van der Waals surface area contributed by atoms with E-state index in [0.717, 1.165) is 18.8 Å². The van der Waals surface area contributed by atoms with Gasteiger partial charge in [-0.15, -0.1) is 0 Å². The lowest BCUT2D eigenvalue weighted by Gasteiger charge is -2.04. The highest BCUT2D eigenvalue weighted by Crippen LogP contribution is 2.05. The maximum atomic E-state index is 8.55. The van der Waals surface area contributed by atoms with Gasteiger partial charge in [0.25, 0.3) is 0 Å². The molecule has 0 saturated carbocycles. The monoisotopic (exact) mass is 156 g/mol. The van der Waals surface area contributed by atoms with Crippen LogP contribution in [0.2, 0.25) is 0 Å². The van der Waals surface area contributed by atoms with Crippen LogP contribution in [-0.2, 0) is 0 Å². The van der Waals surface area contributed by atoms with Gasteiger partial charge in [0.05, 0.1) is 12.4 Å². The molecular weight excluding hydrogens is 140 g/mol. The van der Waals surface area contributed by atoms with E-state index in [1.165, 1.54) is 19.3 Å². The first-order valence-corrected chi connectivity index (χ1v) is 4.31. The Hall–Kier alpha value is -0.570. The van der Waals surface area contributed by atoms with Crippen LogP contribution in [0.25, 0.3) is 0 Å². The van der Waals surface area contributed by atoms with Crippen LogP contribution in [0.4, 0.5) is 0 Å². The molecule has 0 aromatic rings. The summed E-state index contributed by atoms with van der Waals surface area (Å²) in [5.74, 6) is 1.08. The average molecular weight is 156 g/mol. The van der Waals surface area contributed by atoms with Crippen LogP contribution < -0.4 is 5.32 Å². The molecule has 0 bridgehead atoms. The first-order valence-electron chi connectivity index (χ1n) is 4.31. The van der Waals surface area contributed by atoms with Gasteiger partial charge in [-0.3, -0.25) is 4.99 Å². The van der Waals surface area contributed by atoms with E-state index in [2.05, 4.69) is 10.3 Å². The van der Waals surface area contributed by atoms with Crippen molar-refractivity contribution in [3.05, 3.63) is 0 Å². The fourth-order valence-corrected chi connectivity index (χ4v) is 1.22. The second-order valence-corrected chi connectivity index (χ2v) is 2.79. The van der Waals surface area contributed by atoms with Crippen LogP contribution in [0.15, 0.2) is 4.99 Å². The minimum atomic E-state index is 0.193. The van der Waals surface area contributed by atoms with Crippen LogP contribution >= 0.6 is 0 Å². The van der Waals surface area contributed by atoms with E-state index in [1.807, 2.05) is 0 Å². The SMILES string of the molecule is OCCNC1=NCCCCC1. The van der Waals surface area contributed by atoms with Crippen molar-refractivity contribution in [1.82, 2.24) is 5.32 Å². The lowest BCUT2D eigenvalue weighted by Crippen LogP contribution is -2.26. The maximum Gasteiger partial charge on any atom is 0.0963 e. The van der Waals surface area contributed by atoms with Gasteiger partial charge in [0.15, 0.2) is 0 Å². The minimum Gasteiger partial charge on any atom is -0.395 e. The Morgan fingerprint density at radius 1 is 1.36 bits per heavy atom. The molecule has 11 heavy (non-hydrogen) atoms. The molecule has 3 heteroatoms. The quantitative estimate of drug-likeness (QED) is 0.613. The highest BCUT2D eigenvalue weighted by atomic mass is 16.3. The summed E-state index contributed by atoms with van der Waals surface area (Å²) >= 11 is 0. The van der Waals surface area contributed by atoms with Gasteiger partial charge in [0, 0.05) is 19.5 Å². The fourth-order valence-electron chi connectivity index (χ4n) is 1.22. The van der Waals surface area contributed by atoms with E-state index in [-0.39, 0.29) is 6.61 Å². The Morgan fingerprint density at radius 3 is 3.09 bits per heavy atom. The molecular formula is C8H16N2O. The number of hydrogen-bond donors (Lipinski definition) is 2. The van der Waals surface area contributed by atoms with Crippen LogP contribution in [0.1, 0.15) is 25.7 Å². The number of aliphatic hydroxyl groups excluding tert-OH is 1. The van der Waals surface area contributed by atoms with E-state index < -0.39 is 0 Å². The third-order valence-corrected chi connectivity index (χ3v) is 1.82. The molecule has 0 unspecified atom stereocenters. The van der Waals surface area contributed by atoms with Crippen LogP contribution in [-0.4, -0.2) is 30.6 Å². The molecule has 1 aliphatic rings. The van der Waals surface area contributed by atoms with Crippen molar-refractivity contribution < 1.29 is 5.11 Å². The molecule has 0 fully saturated rings. The van der Waals surface area contributed by atoms with Gasteiger partial charge < -0.3 is 10.4 Å². The topological polar surface area (TPSA) is 44.6 Å². The molecule has 1 aliphatic heterocycles. The van der Waals surface area contributed by atoms with E-state index in [0.29, 0.717) is 6.54 Å². The molecule has 1 rings (SSSR count). The zero-order valence-corrected chi connectivity index (χ0v) is 6.84. The lowest BCUT2D eigenvalue weighted by molar-refractivity contribution is 0.300. The summed E-state index contributed by atoms with van der Waals surface area (Å²) in [4.78, 5) is 4.36. The van der Waals surface area contributed by atoms with Crippen LogP contribution in [0, 0.1) is 0 Å². The van der Waals surface area contributed by atoms with Crippen LogP contribution in [0.5, 0.6) is 0 Å². The predicted molar refractivity (Wildman–Crippen MR) is 45.9 cm³/mol. The number of nitrogens with one attached hydrogen (secondary N) is 1. The number of aliphatic hydroxyl groups is 1. The molecule has 0 amide bonds. The second kappa shape index (κ2) is 5.13. The average Bonchev–Trinajstić information content (AvgIpc) is 2.28. The summed E-state index contributed by atoms with van der Waals surface area (Å²) in [5.41, 5.74) is 0. The molecule has 0 aliphatic carbocycles. The molecule has 0 saturated heterocycles. The second-order valence-electron chi connectivity index (χ2n) is 2.79. The molecule has 64 valence electrons.